The van der Waals surface area contributed by atoms with E-state index in [4.69, 9.17) is 9.47 Å². The number of rotatable bonds is 9. The zero-order valence-electron chi connectivity index (χ0n) is 18.8. The molecule has 1 fully saturated rings. The summed E-state index contributed by atoms with van der Waals surface area (Å²) in [6, 6.07) is 11.1. The third kappa shape index (κ3) is 5.67. The van der Waals surface area contributed by atoms with Crippen LogP contribution in [0.2, 0.25) is 0 Å². The van der Waals surface area contributed by atoms with Crippen molar-refractivity contribution in [2.24, 2.45) is 0 Å². The van der Waals surface area contributed by atoms with E-state index < -0.39 is 10.8 Å². The molecule has 0 bridgehead atoms. The first-order valence-electron chi connectivity index (χ1n) is 10.7. The molecule has 0 radical (unpaired) electrons. The van der Waals surface area contributed by atoms with Gasteiger partial charge in [0.25, 0.3) is 11.6 Å². The second-order valence-corrected chi connectivity index (χ2v) is 7.63. The van der Waals surface area contributed by atoms with E-state index in [0.29, 0.717) is 19.7 Å². The third-order valence-electron chi connectivity index (χ3n) is 5.48. The van der Waals surface area contributed by atoms with Crippen molar-refractivity contribution in [3.05, 3.63) is 57.6 Å². The largest absolute Gasteiger partial charge is 0.493 e. The normalized spacial score (nSPS) is 14.2. The molecule has 1 aliphatic rings. The van der Waals surface area contributed by atoms with Crippen molar-refractivity contribution in [1.82, 2.24) is 10.2 Å². The van der Waals surface area contributed by atoms with Crippen molar-refractivity contribution < 1.29 is 19.2 Å². The summed E-state index contributed by atoms with van der Waals surface area (Å²) in [4.78, 5) is 28.2. The maximum Gasteiger partial charge on any atom is 0.286 e. The first kappa shape index (κ1) is 23.3. The van der Waals surface area contributed by atoms with Crippen LogP contribution in [0.25, 0.3) is 0 Å². The predicted molar refractivity (Wildman–Crippen MR) is 123 cm³/mol. The third-order valence-corrected chi connectivity index (χ3v) is 5.48. The lowest BCUT2D eigenvalue weighted by atomic mass is 10.1. The van der Waals surface area contributed by atoms with Gasteiger partial charge < -0.3 is 19.7 Å². The number of piperazine rings is 1. The molecule has 3 rings (SSSR count). The van der Waals surface area contributed by atoms with E-state index in [1.54, 1.807) is 6.92 Å². The minimum Gasteiger partial charge on any atom is -0.493 e. The van der Waals surface area contributed by atoms with Crippen LogP contribution in [-0.4, -0.2) is 68.7 Å². The lowest BCUT2D eigenvalue weighted by molar-refractivity contribution is -0.385. The fourth-order valence-electron chi connectivity index (χ4n) is 3.79. The highest BCUT2D eigenvalue weighted by atomic mass is 16.6. The van der Waals surface area contributed by atoms with Crippen molar-refractivity contribution in [3.8, 4) is 11.5 Å². The maximum atomic E-state index is 12.7. The molecule has 1 N–H and O–H groups in total. The van der Waals surface area contributed by atoms with Crippen LogP contribution in [0.4, 0.5) is 11.4 Å². The smallest absolute Gasteiger partial charge is 0.286 e. The van der Waals surface area contributed by atoms with Crippen LogP contribution in [0.5, 0.6) is 11.5 Å². The molecular weight excluding hydrogens is 412 g/mol. The van der Waals surface area contributed by atoms with Crippen LogP contribution in [0.1, 0.15) is 22.8 Å². The number of carbonyl (C=O) groups is 1. The number of aryl methyl sites for hydroxylation is 1. The van der Waals surface area contributed by atoms with E-state index in [2.05, 4.69) is 46.3 Å². The monoisotopic (exact) mass is 442 g/mol. The second kappa shape index (κ2) is 10.8. The summed E-state index contributed by atoms with van der Waals surface area (Å²) >= 11 is 0. The maximum absolute atomic E-state index is 12.7. The van der Waals surface area contributed by atoms with Crippen LogP contribution in [0.15, 0.2) is 36.4 Å². The Balaban J connectivity index is 1.55. The van der Waals surface area contributed by atoms with Gasteiger partial charge in [0.1, 0.15) is 5.56 Å². The van der Waals surface area contributed by atoms with E-state index in [1.165, 1.54) is 30.5 Å². The summed E-state index contributed by atoms with van der Waals surface area (Å²) in [5, 5.41) is 14.3. The van der Waals surface area contributed by atoms with E-state index in [-0.39, 0.29) is 22.7 Å². The van der Waals surface area contributed by atoms with Crippen LogP contribution in [-0.2, 0) is 0 Å². The number of nitro groups is 1. The molecule has 1 saturated heterocycles. The fraction of sp³-hybridized carbons (Fsp3) is 0.435. The first-order chi connectivity index (χ1) is 15.4. The van der Waals surface area contributed by atoms with Crippen LogP contribution >= 0.6 is 0 Å². The van der Waals surface area contributed by atoms with Gasteiger partial charge in [0.05, 0.1) is 24.7 Å². The summed E-state index contributed by atoms with van der Waals surface area (Å²) in [6.45, 7) is 8.88. The van der Waals surface area contributed by atoms with E-state index >= 15 is 0 Å². The zero-order chi connectivity index (χ0) is 23.1. The van der Waals surface area contributed by atoms with Crippen molar-refractivity contribution >= 4 is 17.3 Å². The van der Waals surface area contributed by atoms with Crippen molar-refractivity contribution in [3.63, 3.8) is 0 Å². The summed E-state index contributed by atoms with van der Waals surface area (Å²) in [6.07, 6.45) is 0. The molecule has 0 spiro atoms. The quantitative estimate of drug-likeness (QED) is 0.471. The molecule has 1 heterocycles. The number of hydrogen-bond acceptors (Lipinski definition) is 7. The molecule has 0 aliphatic carbocycles. The summed E-state index contributed by atoms with van der Waals surface area (Å²) in [5.41, 5.74) is 2.13. The molecule has 0 saturated carbocycles. The van der Waals surface area contributed by atoms with Crippen LogP contribution in [0.3, 0.4) is 0 Å². The Kier molecular flexibility index (Phi) is 7.88. The first-order valence-corrected chi connectivity index (χ1v) is 10.7. The Morgan fingerprint density at radius 2 is 1.91 bits per heavy atom. The van der Waals surface area contributed by atoms with Gasteiger partial charge in [0.15, 0.2) is 11.5 Å². The summed E-state index contributed by atoms with van der Waals surface area (Å²) in [7, 11) is 1.43. The lowest BCUT2D eigenvalue weighted by Crippen LogP contribution is -2.48. The van der Waals surface area contributed by atoms with Gasteiger partial charge in [-0.1, -0.05) is 12.1 Å². The number of nitrogens with zero attached hydrogens (tertiary/aromatic N) is 3. The molecule has 0 unspecified atom stereocenters. The van der Waals surface area contributed by atoms with E-state index in [0.717, 1.165) is 26.2 Å². The van der Waals surface area contributed by atoms with Gasteiger partial charge >= 0.3 is 0 Å². The molecule has 0 atom stereocenters. The predicted octanol–water partition coefficient (Wildman–Crippen LogP) is 2.86. The highest BCUT2D eigenvalue weighted by Gasteiger charge is 2.25. The fourth-order valence-corrected chi connectivity index (χ4v) is 3.79. The van der Waals surface area contributed by atoms with Gasteiger partial charge in [0.2, 0.25) is 0 Å². The Bertz CT molecular complexity index is 957. The van der Waals surface area contributed by atoms with Gasteiger partial charge in [-0.2, -0.15) is 0 Å². The average Bonchev–Trinajstić information content (AvgIpc) is 2.79. The topological polar surface area (TPSA) is 97.2 Å². The van der Waals surface area contributed by atoms with Gasteiger partial charge in [0, 0.05) is 51.0 Å². The van der Waals surface area contributed by atoms with Crippen molar-refractivity contribution in [2.75, 3.05) is 57.9 Å². The number of nitro benzene ring substituents is 1. The SMILES string of the molecule is CCOc1cc([N+](=O)[O-])c(C(=O)NCCN2CCN(c3cccc(C)c3)CC2)cc1OC. The number of carbonyl (C=O) groups excluding carboxylic acids is 1. The van der Waals surface area contributed by atoms with Crippen LogP contribution < -0.4 is 19.7 Å². The van der Waals surface area contributed by atoms with Gasteiger partial charge in [-0.15, -0.1) is 0 Å². The summed E-state index contributed by atoms with van der Waals surface area (Å²) < 4.78 is 10.6. The Hall–Kier alpha value is -3.33. The molecule has 2 aromatic carbocycles. The number of methoxy groups -OCH3 is 1. The van der Waals surface area contributed by atoms with Crippen LogP contribution in [0, 0.1) is 17.0 Å². The number of amides is 1. The molecule has 32 heavy (non-hydrogen) atoms. The van der Waals surface area contributed by atoms with Gasteiger partial charge in [-0.25, -0.2) is 0 Å². The number of ether oxygens (including phenoxy) is 2. The van der Waals surface area contributed by atoms with E-state index in [1.807, 2.05) is 0 Å². The number of hydrogen-bond donors (Lipinski definition) is 1. The molecule has 9 nitrogen and oxygen atoms in total. The molecule has 0 aromatic heterocycles. The second-order valence-electron chi connectivity index (χ2n) is 7.63. The summed E-state index contributed by atoms with van der Waals surface area (Å²) in [5.74, 6) is 0.0241. The molecule has 1 aliphatic heterocycles. The number of benzene rings is 2. The average molecular weight is 443 g/mol. The number of anilines is 1. The van der Waals surface area contributed by atoms with Gasteiger partial charge in [-0.05, 0) is 31.5 Å². The highest BCUT2D eigenvalue weighted by molar-refractivity contribution is 5.99. The Morgan fingerprint density at radius 1 is 1.16 bits per heavy atom. The van der Waals surface area contributed by atoms with E-state index in [9.17, 15) is 14.9 Å². The minimum atomic E-state index is -0.582. The highest BCUT2D eigenvalue weighted by Crippen LogP contribution is 2.34. The lowest BCUT2D eigenvalue weighted by Gasteiger charge is -2.36. The molecule has 2 aromatic rings. The molecule has 1 amide bonds. The number of nitrogens with one attached hydrogen (secondary N) is 1. The molecule has 172 valence electrons. The zero-order valence-corrected chi connectivity index (χ0v) is 18.8. The molecule has 9 heteroatoms. The van der Waals surface area contributed by atoms with Gasteiger partial charge in [-0.3, -0.25) is 19.8 Å². The standard InChI is InChI=1S/C23H30N4O5/c1-4-32-22-16-20(27(29)30)19(15-21(22)31-3)23(28)24-8-9-25-10-12-26(13-11-25)18-7-5-6-17(2)14-18/h5-7,14-16H,4,8-13H2,1-3H3,(H,24,28). The Labute approximate surface area is 188 Å². The minimum absolute atomic E-state index is 0.0421. The molecular formula is C23H30N4O5. The Morgan fingerprint density at radius 3 is 2.53 bits per heavy atom. The van der Waals surface area contributed by atoms with Crippen molar-refractivity contribution in [2.45, 2.75) is 13.8 Å². The van der Waals surface area contributed by atoms with Crippen molar-refractivity contribution in [1.29, 1.82) is 0 Å².